The second-order valence-corrected chi connectivity index (χ2v) is 8.48. The van der Waals surface area contributed by atoms with Gasteiger partial charge in [-0.15, -0.1) is 0 Å². The first kappa shape index (κ1) is 26.1. The van der Waals surface area contributed by atoms with Gasteiger partial charge in [-0.05, 0) is 54.1 Å². The Bertz CT molecular complexity index is 1530. The van der Waals surface area contributed by atoms with Crippen molar-refractivity contribution in [3.05, 3.63) is 85.1 Å². The molecule has 0 aliphatic rings. The maximum absolute atomic E-state index is 9.64. The number of hydrogen-bond acceptors (Lipinski definition) is 6. The van der Waals surface area contributed by atoms with E-state index in [4.69, 9.17) is 14.9 Å². The first-order chi connectivity index (χ1) is 18.3. The molecule has 0 atom stereocenters. The summed E-state index contributed by atoms with van der Waals surface area (Å²) in [4.78, 5) is 28.0. The number of pyridine rings is 1. The van der Waals surface area contributed by atoms with Gasteiger partial charge >= 0.3 is 11.9 Å². The Morgan fingerprint density at radius 1 is 0.868 bits per heavy atom. The Morgan fingerprint density at radius 3 is 2.16 bits per heavy atom. The summed E-state index contributed by atoms with van der Waals surface area (Å²) in [6.07, 6.45) is 5.03. The largest absolute Gasteiger partial charge is 0.486 e. The van der Waals surface area contributed by atoms with Crippen LogP contribution in [0.5, 0.6) is 5.75 Å². The second-order valence-electron chi connectivity index (χ2n) is 8.48. The van der Waals surface area contributed by atoms with Gasteiger partial charge in [-0.2, -0.15) is 5.10 Å². The van der Waals surface area contributed by atoms with Crippen LogP contribution in [-0.2, 0) is 30.3 Å². The quantitative estimate of drug-likeness (QED) is 0.309. The normalized spacial score (nSPS) is 10.6. The molecule has 0 aliphatic carbocycles. The Kier molecular flexibility index (Phi) is 8.12. The fourth-order valence-electron chi connectivity index (χ4n) is 3.84. The van der Waals surface area contributed by atoms with Crippen molar-refractivity contribution in [1.82, 2.24) is 24.3 Å². The fraction of sp³-hybridized carbons (Fsp3) is 0.179. The summed E-state index contributed by atoms with van der Waals surface area (Å²) in [7, 11) is 3.95. The number of carboxylic acid groups (broad SMARTS) is 2. The van der Waals surface area contributed by atoms with Crippen LogP contribution < -0.4 is 4.74 Å². The van der Waals surface area contributed by atoms with Crippen LogP contribution in [0.4, 0.5) is 0 Å². The number of aliphatic carboxylic acids is 2. The molecule has 10 heteroatoms. The molecule has 0 fully saturated rings. The summed E-state index contributed by atoms with van der Waals surface area (Å²) < 4.78 is 9.90. The molecule has 0 aliphatic heterocycles. The number of rotatable bonds is 8. The zero-order chi connectivity index (χ0) is 27.1. The third-order valence-electron chi connectivity index (χ3n) is 5.75. The van der Waals surface area contributed by atoms with Crippen molar-refractivity contribution in [2.75, 3.05) is 0 Å². The van der Waals surface area contributed by atoms with Crippen molar-refractivity contribution in [3.8, 4) is 28.1 Å². The third-order valence-corrected chi connectivity index (χ3v) is 5.75. The van der Waals surface area contributed by atoms with Crippen LogP contribution in [0.2, 0.25) is 0 Å². The Hall–Kier alpha value is -4.99. The van der Waals surface area contributed by atoms with E-state index in [0.29, 0.717) is 6.61 Å². The summed E-state index contributed by atoms with van der Waals surface area (Å²) in [6.45, 7) is 0.413. The third kappa shape index (κ3) is 6.41. The maximum Gasteiger partial charge on any atom is 0.303 e. The molecule has 3 aromatic heterocycles. The lowest BCUT2D eigenvalue weighted by Gasteiger charge is -2.08. The van der Waals surface area contributed by atoms with Crippen molar-refractivity contribution >= 4 is 23.0 Å². The predicted octanol–water partition coefficient (Wildman–Crippen LogP) is 4.55. The van der Waals surface area contributed by atoms with Gasteiger partial charge in [0.05, 0.1) is 23.9 Å². The molecular weight excluding hydrogens is 486 g/mol. The SMILES string of the molecule is Cn1cc(-c2ccncc2)c(-c2ccc(OCc3nc4ccccc4n3C)cc2)n1.O=C(O)CCC(=O)O. The number of nitrogens with zero attached hydrogens (tertiary/aromatic N) is 5. The van der Waals surface area contributed by atoms with E-state index in [1.807, 2.05) is 79.6 Å². The fourth-order valence-corrected chi connectivity index (χ4v) is 3.84. The summed E-state index contributed by atoms with van der Waals surface area (Å²) in [5, 5.41) is 20.5. The van der Waals surface area contributed by atoms with E-state index in [1.54, 1.807) is 12.4 Å². The van der Waals surface area contributed by atoms with Crippen LogP contribution in [0.3, 0.4) is 0 Å². The van der Waals surface area contributed by atoms with Crippen molar-refractivity contribution < 1.29 is 24.5 Å². The lowest BCUT2D eigenvalue weighted by Crippen LogP contribution is -2.03. The minimum atomic E-state index is -1.08. The molecule has 0 amide bonds. The molecule has 0 saturated heterocycles. The summed E-state index contributed by atoms with van der Waals surface area (Å²) in [6, 6.07) is 20.1. The van der Waals surface area contributed by atoms with Crippen molar-refractivity contribution in [2.45, 2.75) is 19.4 Å². The summed E-state index contributed by atoms with van der Waals surface area (Å²) in [5.74, 6) is -0.461. The molecule has 38 heavy (non-hydrogen) atoms. The standard InChI is InChI=1S/C24H21N5O.C4H6O4/c1-28-15-20(17-11-13-25-14-12-17)24(27-28)18-7-9-19(10-8-18)30-16-23-26-21-5-3-4-6-22(21)29(23)2;5-3(6)1-2-4(7)8/h3-15H,16H2,1-2H3;1-2H2,(H,5,6)(H,7,8). The first-order valence-corrected chi connectivity index (χ1v) is 11.8. The molecule has 0 radical (unpaired) electrons. The number of aryl methyl sites for hydroxylation is 2. The number of hydrogen-bond donors (Lipinski definition) is 2. The molecule has 5 rings (SSSR count). The number of aromatic nitrogens is 5. The van der Waals surface area contributed by atoms with Crippen molar-refractivity contribution in [3.63, 3.8) is 0 Å². The molecule has 5 aromatic rings. The number of para-hydroxylation sites is 2. The van der Waals surface area contributed by atoms with Gasteiger partial charge in [0.2, 0.25) is 0 Å². The van der Waals surface area contributed by atoms with Gasteiger partial charge in [-0.1, -0.05) is 12.1 Å². The van der Waals surface area contributed by atoms with Crippen molar-refractivity contribution in [1.29, 1.82) is 0 Å². The smallest absolute Gasteiger partial charge is 0.303 e. The van der Waals surface area contributed by atoms with E-state index < -0.39 is 11.9 Å². The van der Waals surface area contributed by atoms with E-state index in [-0.39, 0.29) is 12.8 Å². The van der Waals surface area contributed by atoms with Gasteiger partial charge < -0.3 is 19.5 Å². The first-order valence-electron chi connectivity index (χ1n) is 11.8. The van der Waals surface area contributed by atoms with Crippen LogP contribution >= 0.6 is 0 Å². The van der Waals surface area contributed by atoms with Crippen LogP contribution in [0, 0.1) is 0 Å². The van der Waals surface area contributed by atoms with Crippen LogP contribution in [0.1, 0.15) is 18.7 Å². The van der Waals surface area contributed by atoms with Crippen LogP contribution in [0.15, 0.2) is 79.3 Å². The highest BCUT2D eigenvalue weighted by Crippen LogP contribution is 2.31. The van der Waals surface area contributed by atoms with Gasteiger partial charge in [0.1, 0.15) is 23.9 Å². The molecule has 0 bridgehead atoms. The van der Waals surface area contributed by atoms with Crippen molar-refractivity contribution in [2.24, 2.45) is 14.1 Å². The summed E-state index contributed by atoms with van der Waals surface area (Å²) in [5.41, 5.74) is 6.23. The van der Waals surface area contributed by atoms with Gasteiger partial charge in [0.25, 0.3) is 0 Å². The minimum Gasteiger partial charge on any atom is -0.486 e. The minimum absolute atomic E-state index is 0.296. The number of carbonyl (C=O) groups is 2. The highest BCUT2D eigenvalue weighted by molar-refractivity contribution is 5.80. The highest BCUT2D eigenvalue weighted by atomic mass is 16.5. The zero-order valence-electron chi connectivity index (χ0n) is 21.0. The lowest BCUT2D eigenvalue weighted by molar-refractivity contribution is -0.143. The van der Waals surface area contributed by atoms with E-state index in [1.165, 1.54) is 0 Å². The van der Waals surface area contributed by atoms with E-state index in [0.717, 1.165) is 45.0 Å². The molecular formula is C28H27N5O5. The van der Waals surface area contributed by atoms with Gasteiger partial charge in [-0.25, -0.2) is 4.98 Å². The van der Waals surface area contributed by atoms with E-state index >= 15 is 0 Å². The average molecular weight is 514 g/mol. The summed E-state index contributed by atoms with van der Waals surface area (Å²) >= 11 is 0. The van der Waals surface area contributed by atoms with Gasteiger partial charge in [0.15, 0.2) is 0 Å². The van der Waals surface area contributed by atoms with Crippen LogP contribution in [0.25, 0.3) is 33.4 Å². The van der Waals surface area contributed by atoms with Gasteiger partial charge in [0, 0.05) is 43.8 Å². The monoisotopic (exact) mass is 513 g/mol. The molecule has 2 aromatic carbocycles. The number of imidazole rings is 1. The second kappa shape index (κ2) is 11.8. The molecule has 2 N–H and O–H groups in total. The number of benzene rings is 2. The molecule has 10 nitrogen and oxygen atoms in total. The molecule has 0 unspecified atom stereocenters. The zero-order valence-corrected chi connectivity index (χ0v) is 21.0. The van der Waals surface area contributed by atoms with Gasteiger partial charge in [-0.3, -0.25) is 19.3 Å². The topological polar surface area (TPSA) is 132 Å². The predicted molar refractivity (Wildman–Crippen MR) is 141 cm³/mol. The Balaban J connectivity index is 0.000000368. The Labute approximate surface area is 218 Å². The molecule has 0 spiro atoms. The van der Waals surface area contributed by atoms with E-state index in [2.05, 4.69) is 25.7 Å². The Morgan fingerprint density at radius 2 is 1.53 bits per heavy atom. The molecule has 0 saturated carbocycles. The van der Waals surface area contributed by atoms with E-state index in [9.17, 15) is 9.59 Å². The molecule has 194 valence electrons. The number of ether oxygens (including phenoxy) is 1. The number of carboxylic acids is 2. The maximum atomic E-state index is 9.64. The van der Waals surface area contributed by atoms with Crippen LogP contribution in [-0.4, -0.2) is 46.5 Å². The molecule has 3 heterocycles. The number of fused-ring (bicyclic) bond motifs is 1. The highest BCUT2D eigenvalue weighted by Gasteiger charge is 2.13. The lowest BCUT2D eigenvalue weighted by atomic mass is 10.0. The average Bonchev–Trinajstić information content (AvgIpc) is 3.47.